The summed E-state index contributed by atoms with van der Waals surface area (Å²) in [5.41, 5.74) is 7.76. The van der Waals surface area contributed by atoms with E-state index in [1.165, 1.54) is 12.8 Å². The zero-order chi connectivity index (χ0) is 13.9. The quantitative estimate of drug-likeness (QED) is 0.636. The van der Waals surface area contributed by atoms with Gasteiger partial charge in [0.05, 0.1) is 18.0 Å². The van der Waals surface area contributed by atoms with Gasteiger partial charge in [-0.3, -0.25) is 0 Å². The van der Waals surface area contributed by atoms with Gasteiger partial charge in [0, 0.05) is 32.3 Å². The fourth-order valence-corrected chi connectivity index (χ4v) is 2.28. The van der Waals surface area contributed by atoms with E-state index in [1.54, 1.807) is 0 Å². The molecule has 1 fully saturated rings. The van der Waals surface area contributed by atoms with Crippen LogP contribution in [0.3, 0.4) is 0 Å². The van der Waals surface area contributed by atoms with Crippen LogP contribution in [0, 0.1) is 5.92 Å². The van der Waals surface area contributed by atoms with Gasteiger partial charge in [0.15, 0.2) is 11.5 Å². The Morgan fingerprint density at radius 3 is 2.65 bits per heavy atom. The second kappa shape index (κ2) is 5.79. The van der Waals surface area contributed by atoms with Crippen LogP contribution in [0.4, 0.5) is 11.4 Å². The monoisotopic (exact) mass is 278 g/mol. The number of fused-ring (bicyclic) bond motifs is 1. The Bertz CT molecular complexity index is 474. The molecular formula is C15H22N2O3. The highest BCUT2D eigenvalue weighted by molar-refractivity contribution is 5.73. The third-order valence-electron chi connectivity index (χ3n) is 3.72. The lowest BCUT2D eigenvalue weighted by Gasteiger charge is -2.25. The van der Waals surface area contributed by atoms with E-state index in [1.807, 2.05) is 19.2 Å². The van der Waals surface area contributed by atoms with Crippen molar-refractivity contribution in [3.8, 4) is 11.5 Å². The standard InChI is InChI=1S/C15H22N2O3/c1-17(4-5-18-10-11-2-3-11)13-9-15-14(8-12(13)16)19-6-7-20-15/h8-9,11H,2-7,10,16H2,1H3. The summed E-state index contributed by atoms with van der Waals surface area (Å²) in [5, 5.41) is 0. The topological polar surface area (TPSA) is 57.0 Å². The maximum absolute atomic E-state index is 6.09. The van der Waals surface area contributed by atoms with Gasteiger partial charge in [-0.2, -0.15) is 0 Å². The largest absolute Gasteiger partial charge is 0.486 e. The number of benzene rings is 1. The molecule has 0 bridgehead atoms. The third kappa shape index (κ3) is 3.10. The van der Waals surface area contributed by atoms with Crippen molar-refractivity contribution in [1.82, 2.24) is 0 Å². The molecule has 0 atom stereocenters. The number of rotatable bonds is 6. The van der Waals surface area contributed by atoms with Gasteiger partial charge in [0.1, 0.15) is 13.2 Å². The van der Waals surface area contributed by atoms with Gasteiger partial charge in [-0.05, 0) is 18.8 Å². The summed E-state index contributed by atoms with van der Waals surface area (Å²) in [6.07, 6.45) is 2.65. The van der Waals surface area contributed by atoms with Crippen molar-refractivity contribution in [2.45, 2.75) is 12.8 Å². The summed E-state index contributed by atoms with van der Waals surface area (Å²) < 4.78 is 16.8. The van der Waals surface area contributed by atoms with Crippen molar-refractivity contribution in [1.29, 1.82) is 0 Å². The average Bonchev–Trinajstić information content (AvgIpc) is 3.27. The van der Waals surface area contributed by atoms with E-state index in [0.717, 1.165) is 42.9 Å². The molecule has 1 aromatic carbocycles. The predicted molar refractivity (Wildman–Crippen MR) is 78.7 cm³/mol. The van der Waals surface area contributed by atoms with Gasteiger partial charge >= 0.3 is 0 Å². The highest BCUT2D eigenvalue weighted by atomic mass is 16.6. The maximum atomic E-state index is 6.09. The number of hydrogen-bond donors (Lipinski definition) is 1. The summed E-state index contributed by atoms with van der Waals surface area (Å²) >= 11 is 0. The van der Waals surface area contributed by atoms with E-state index in [4.69, 9.17) is 19.9 Å². The highest BCUT2D eigenvalue weighted by Crippen LogP contribution is 2.38. The number of hydrogen-bond acceptors (Lipinski definition) is 5. The van der Waals surface area contributed by atoms with Crippen LogP contribution < -0.4 is 20.1 Å². The van der Waals surface area contributed by atoms with Gasteiger partial charge in [-0.1, -0.05) is 0 Å². The van der Waals surface area contributed by atoms with Crippen LogP contribution in [0.15, 0.2) is 12.1 Å². The Kier molecular flexibility index (Phi) is 3.87. The molecule has 110 valence electrons. The Morgan fingerprint density at radius 2 is 1.95 bits per heavy atom. The summed E-state index contributed by atoms with van der Waals surface area (Å²) in [6, 6.07) is 3.79. The summed E-state index contributed by atoms with van der Waals surface area (Å²) in [4.78, 5) is 2.10. The molecule has 1 aliphatic carbocycles. The van der Waals surface area contributed by atoms with Crippen molar-refractivity contribution >= 4 is 11.4 Å². The van der Waals surface area contributed by atoms with Crippen LogP contribution in [0.5, 0.6) is 11.5 Å². The molecule has 1 saturated carbocycles. The van der Waals surface area contributed by atoms with Gasteiger partial charge in [0.2, 0.25) is 0 Å². The van der Waals surface area contributed by atoms with E-state index in [0.29, 0.717) is 18.9 Å². The lowest BCUT2D eigenvalue weighted by Crippen LogP contribution is -2.24. The minimum atomic E-state index is 0.580. The number of nitrogen functional groups attached to an aromatic ring is 1. The molecule has 5 nitrogen and oxygen atoms in total. The van der Waals surface area contributed by atoms with E-state index < -0.39 is 0 Å². The molecule has 0 amide bonds. The number of nitrogens with two attached hydrogens (primary N) is 1. The zero-order valence-corrected chi connectivity index (χ0v) is 11.9. The van der Waals surface area contributed by atoms with Gasteiger partial charge in [-0.25, -0.2) is 0 Å². The van der Waals surface area contributed by atoms with Crippen LogP contribution in [-0.4, -0.2) is 40.0 Å². The van der Waals surface area contributed by atoms with Crippen molar-refractivity contribution < 1.29 is 14.2 Å². The molecule has 1 aliphatic heterocycles. The molecule has 0 spiro atoms. The lowest BCUT2D eigenvalue weighted by atomic mass is 10.2. The van der Waals surface area contributed by atoms with E-state index in [-0.39, 0.29) is 0 Å². The van der Waals surface area contributed by atoms with E-state index in [2.05, 4.69) is 4.90 Å². The molecule has 0 aromatic heterocycles. The van der Waals surface area contributed by atoms with Gasteiger partial charge in [0.25, 0.3) is 0 Å². The normalized spacial score (nSPS) is 17.1. The first-order valence-electron chi connectivity index (χ1n) is 7.22. The molecule has 1 heterocycles. The highest BCUT2D eigenvalue weighted by Gasteiger charge is 2.21. The third-order valence-corrected chi connectivity index (χ3v) is 3.72. The first kappa shape index (κ1) is 13.4. The molecule has 2 aliphatic rings. The number of anilines is 2. The minimum absolute atomic E-state index is 0.580. The molecule has 0 saturated heterocycles. The number of nitrogens with zero attached hydrogens (tertiary/aromatic N) is 1. The van der Waals surface area contributed by atoms with Crippen LogP contribution in [0.1, 0.15) is 12.8 Å². The zero-order valence-electron chi connectivity index (χ0n) is 11.9. The molecule has 5 heteroatoms. The second-order valence-electron chi connectivity index (χ2n) is 5.49. The van der Waals surface area contributed by atoms with Gasteiger partial charge in [-0.15, -0.1) is 0 Å². The van der Waals surface area contributed by atoms with Crippen molar-refractivity contribution in [2.75, 3.05) is 50.7 Å². The van der Waals surface area contributed by atoms with Crippen molar-refractivity contribution in [3.63, 3.8) is 0 Å². The molecule has 0 unspecified atom stereocenters. The number of ether oxygens (including phenoxy) is 3. The minimum Gasteiger partial charge on any atom is -0.486 e. The van der Waals surface area contributed by atoms with Crippen molar-refractivity contribution in [2.24, 2.45) is 5.92 Å². The Hall–Kier alpha value is -1.62. The smallest absolute Gasteiger partial charge is 0.163 e. The van der Waals surface area contributed by atoms with E-state index >= 15 is 0 Å². The van der Waals surface area contributed by atoms with Crippen LogP contribution in [-0.2, 0) is 4.74 Å². The lowest BCUT2D eigenvalue weighted by molar-refractivity contribution is 0.131. The Morgan fingerprint density at radius 1 is 1.25 bits per heavy atom. The van der Waals surface area contributed by atoms with Crippen LogP contribution in [0.25, 0.3) is 0 Å². The molecule has 3 rings (SSSR count). The SMILES string of the molecule is CN(CCOCC1CC1)c1cc2c(cc1N)OCCO2. The molecule has 1 aromatic rings. The molecule has 20 heavy (non-hydrogen) atoms. The van der Waals surface area contributed by atoms with E-state index in [9.17, 15) is 0 Å². The molecule has 0 radical (unpaired) electrons. The fourth-order valence-electron chi connectivity index (χ4n) is 2.28. The predicted octanol–water partition coefficient (Wildman–Crippen LogP) is 1.90. The second-order valence-corrected chi connectivity index (χ2v) is 5.49. The van der Waals surface area contributed by atoms with Crippen LogP contribution >= 0.6 is 0 Å². The molecular weight excluding hydrogens is 256 g/mol. The van der Waals surface area contributed by atoms with Gasteiger partial charge < -0.3 is 24.8 Å². The first-order valence-corrected chi connectivity index (χ1v) is 7.22. The summed E-state index contributed by atoms with van der Waals surface area (Å²) in [7, 11) is 2.02. The molecule has 2 N–H and O–H groups in total. The summed E-state index contributed by atoms with van der Waals surface area (Å²) in [6.45, 7) is 3.60. The first-order chi connectivity index (χ1) is 9.74. The maximum Gasteiger partial charge on any atom is 0.163 e. The Labute approximate surface area is 119 Å². The number of likely N-dealkylation sites (N-methyl/N-ethyl adjacent to an activating group) is 1. The fraction of sp³-hybridized carbons (Fsp3) is 0.600. The average molecular weight is 278 g/mol. The summed E-state index contributed by atoms with van der Waals surface area (Å²) in [5.74, 6) is 2.31. The van der Waals surface area contributed by atoms with Crippen LogP contribution in [0.2, 0.25) is 0 Å². The van der Waals surface area contributed by atoms with Crippen molar-refractivity contribution in [3.05, 3.63) is 12.1 Å². The Balaban J connectivity index is 1.59.